The SMILES string of the molecule is CCN(CCO)c1cc(C)c([N+](=O)[O-])cc1Br. The normalized spacial score (nSPS) is 10.4. The predicted molar refractivity (Wildman–Crippen MR) is 70.5 cm³/mol. The van der Waals surface area contributed by atoms with E-state index in [0.717, 1.165) is 12.2 Å². The van der Waals surface area contributed by atoms with Crippen molar-refractivity contribution in [1.29, 1.82) is 0 Å². The van der Waals surface area contributed by atoms with Crippen LogP contribution in [0.2, 0.25) is 0 Å². The van der Waals surface area contributed by atoms with E-state index >= 15 is 0 Å². The fourth-order valence-electron chi connectivity index (χ4n) is 1.66. The summed E-state index contributed by atoms with van der Waals surface area (Å²) >= 11 is 3.33. The van der Waals surface area contributed by atoms with Crippen molar-refractivity contribution >= 4 is 27.3 Å². The molecule has 0 bridgehead atoms. The summed E-state index contributed by atoms with van der Waals surface area (Å²) in [7, 11) is 0. The molecule has 0 spiro atoms. The van der Waals surface area contributed by atoms with Crippen LogP contribution in [0.25, 0.3) is 0 Å². The van der Waals surface area contributed by atoms with Crippen LogP contribution in [-0.4, -0.2) is 29.7 Å². The second kappa shape index (κ2) is 5.97. The lowest BCUT2D eigenvalue weighted by Gasteiger charge is -2.23. The number of aliphatic hydroxyl groups is 1. The van der Waals surface area contributed by atoms with Crippen LogP contribution in [0.1, 0.15) is 12.5 Å². The number of nitro groups is 1. The van der Waals surface area contributed by atoms with Gasteiger partial charge in [-0.2, -0.15) is 0 Å². The van der Waals surface area contributed by atoms with Crippen LogP contribution >= 0.6 is 15.9 Å². The summed E-state index contributed by atoms with van der Waals surface area (Å²) in [4.78, 5) is 12.3. The molecule has 0 radical (unpaired) electrons. The van der Waals surface area contributed by atoms with Crippen molar-refractivity contribution < 1.29 is 10.0 Å². The minimum atomic E-state index is -0.397. The van der Waals surface area contributed by atoms with E-state index in [1.54, 1.807) is 13.0 Å². The molecule has 0 aliphatic heterocycles. The number of hydrogen-bond acceptors (Lipinski definition) is 4. The number of halogens is 1. The van der Waals surface area contributed by atoms with Gasteiger partial charge in [-0.1, -0.05) is 0 Å². The highest BCUT2D eigenvalue weighted by molar-refractivity contribution is 9.10. The van der Waals surface area contributed by atoms with Crippen molar-refractivity contribution in [3.63, 3.8) is 0 Å². The lowest BCUT2D eigenvalue weighted by molar-refractivity contribution is -0.385. The second-order valence-corrected chi connectivity index (χ2v) is 4.50. The molecule has 6 heteroatoms. The third kappa shape index (κ3) is 3.17. The average Bonchev–Trinajstić information content (AvgIpc) is 2.28. The second-order valence-electron chi connectivity index (χ2n) is 3.65. The van der Waals surface area contributed by atoms with Gasteiger partial charge in [-0.3, -0.25) is 10.1 Å². The Kier molecular flexibility index (Phi) is 4.89. The highest BCUT2D eigenvalue weighted by atomic mass is 79.9. The molecule has 0 aromatic heterocycles. The monoisotopic (exact) mass is 302 g/mol. The van der Waals surface area contributed by atoms with E-state index in [9.17, 15) is 10.1 Å². The lowest BCUT2D eigenvalue weighted by atomic mass is 10.1. The molecule has 0 saturated heterocycles. The van der Waals surface area contributed by atoms with Crippen LogP contribution in [-0.2, 0) is 0 Å². The van der Waals surface area contributed by atoms with Gasteiger partial charge < -0.3 is 10.0 Å². The summed E-state index contributed by atoms with van der Waals surface area (Å²) in [6.45, 7) is 4.97. The zero-order valence-electron chi connectivity index (χ0n) is 9.81. The van der Waals surface area contributed by atoms with E-state index in [1.165, 1.54) is 6.07 Å². The summed E-state index contributed by atoms with van der Waals surface area (Å²) in [6.07, 6.45) is 0. The van der Waals surface area contributed by atoms with E-state index in [4.69, 9.17) is 5.11 Å². The summed E-state index contributed by atoms with van der Waals surface area (Å²) < 4.78 is 0.671. The van der Waals surface area contributed by atoms with Gasteiger partial charge in [-0.25, -0.2) is 0 Å². The maximum atomic E-state index is 10.8. The molecule has 5 nitrogen and oxygen atoms in total. The Bertz CT molecular complexity index is 423. The molecule has 0 amide bonds. The molecule has 17 heavy (non-hydrogen) atoms. The van der Waals surface area contributed by atoms with Crippen LogP contribution < -0.4 is 4.90 Å². The Hall–Kier alpha value is -1.14. The van der Waals surface area contributed by atoms with Crippen LogP contribution in [0.5, 0.6) is 0 Å². The topological polar surface area (TPSA) is 66.6 Å². The van der Waals surface area contributed by atoms with Gasteiger partial charge in [0.2, 0.25) is 0 Å². The molecule has 0 aliphatic carbocycles. The van der Waals surface area contributed by atoms with E-state index in [-0.39, 0.29) is 12.3 Å². The Morgan fingerprint density at radius 1 is 1.53 bits per heavy atom. The molecule has 0 heterocycles. The molecule has 0 saturated carbocycles. The maximum absolute atomic E-state index is 10.8. The summed E-state index contributed by atoms with van der Waals surface area (Å²) in [5, 5.41) is 19.7. The van der Waals surface area contributed by atoms with Gasteiger partial charge in [-0.05, 0) is 35.8 Å². The number of rotatable bonds is 5. The number of benzene rings is 1. The first-order valence-corrected chi connectivity index (χ1v) is 6.10. The molecular formula is C11H15BrN2O3. The van der Waals surface area contributed by atoms with E-state index < -0.39 is 4.92 Å². The van der Waals surface area contributed by atoms with Gasteiger partial charge >= 0.3 is 0 Å². The first-order chi connectivity index (χ1) is 8.01. The van der Waals surface area contributed by atoms with Crippen LogP contribution in [0.15, 0.2) is 16.6 Å². The summed E-state index contributed by atoms with van der Waals surface area (Å²) in [5.74, 6) is 0. The number of aliphatic hydroxyl groups excluding tert-OH is 1. The van der Waals surface area contributed by atoms with Crippen LogP contribution in [0.3, 0.4) is 0 Å². The molecule has 94 valence electrons. The highest BCUT2D eigenvalue weighted by Crippen LogP contribution is 2.32. The fraction of sp³-hybridized carbons (Fsp3) is 0.455. The maximum Gasteiger partial charge on any atom is 0.273 e. The zero-order chi connectivity index (χ0) is 13.0. The summed E-state index contributed by atoms with van der Waals surface area (Å²) in [5.41, 5.74) is 1.58. The average molecular weight is 303 g/mol. The molecule has 1 aromatic rings. The van der Waals surface area contributed by atoms with Crippen molar-refractivity contribution in [2.24, 2.45) is 0 Å². The quantitative estimate of drug-likeness (QED) is 0.670. The Labute approximate surface area is 108 Å². The van der Waals surface area contributed by atoms with Gasteiger partial charge in [-0.15, -0.1) is 0 Å². The van der Waals surface area contributed by atoms with Gasteiger partial charge in [0.25, 0.3) is 5.69 Å². The third-order valence-corrected chi connectivity index (χ3v) is 3.19. The smallest absolute Gasteiger partial charge is 0.273 e. The Morgan fingerprint density at radius 3 is 2.65 bits per heavy atom. The van der Waals surface area contributed by atoms with E-state index in [2.05, 4.69) is 15.9 Å². The van der Waals surface area contributed by atoms with Gasteiger partial charge in [0, 0.05) is 29.2 Å². The zero-order valence-corrected chi connectivity index (χ0v) is 11.4. The molecule has 1 N–H and O–H groups in total. The van der Waals surface area contributed by atoms with Gasteiger partial charge in [0.15, 0.2) is 0 Å². The molecule has 0 fully saturated rings. The fourth-order valence-corrected chi connectivity index (χ4v) is 2.25. The Balaban J connectivity index is 3.18. The number of anilines is 1. The van der Waals surface area contributed by atoms with Crippen LogP contribution in [0, 0.1) is 17.0 Å². The molecule has 0 atom stereocenters. The highest BCUT2D eigenvalue weighted by Gasteiger charge is 2.16. The van der Waals surface area contributed by atoms with Gasteiger partial charge in [0.05, 0.1) is 17.2 Å². The van der Waals surface area contributed by atoms with Crippen LogP contribution in [0.4, 0.5) is 11.4 Å². The minimum absolute atomic E-state index is 0.0519. The standard InChI is InChI=1S/C11H15BrN2O3/c1-3-13(4-5-15)11-6-8(2)10(14(16)17)7-9(11)12/h6-7,15H,3-5H2,1-2H3. The first kappa shape index (κ1) is 13.9. The lowest BCUT2D eigenvalue weighted by Crippen LogP contribution is -2.26. The Morgan fingerprint density at radius 2 is 2.18 bits per heavy atom. The van der Waals surface area contributed by atoms with Crippen molar-refractivity contribution in [3.8, 4) is 0 Å². The number of aryl methyl sites for hydroxylation is 1. The van der Waals surface area contributed by atoms with Crippen molar-refractivity contribution in [2.75, 3.05) is 24.6 Å². The summed E-state index contributed by atoms with van der Waals surface area (Å²) in [6, 6.07) is 3.27. The number of likely N-dealkylation sites (N-methyl/N-ethyl adjacent to an activating group) is 1. The molecule has 1 rings (SSSR count). The minimum Gasteiger partial charge on any atom is -0.395 e. The van der Waals surface area contributed by atoms with E-state index in [1.807, 2.05) is 11.8 Å². The van der Waals surface area contributed by atoms with Crippen molar-refractivity contribution in [1.82, 2.24) is 0 Å². The first-order valence-electron chi connectivity index (χ1n) is 5.31. The number of nitrogens with zero attached hydrogens (tertiary/aromatic N) is 2. The van der Waals surface area contributed by atoms with Crippen molar-refractivity contribution in [2.45, 2.75) is 13.8 Å². The van der Waals surface area contributed by atoms with E-state index in [0.29, 0.717) is 16.6 Å². The largest absolute Gasteiger partial charge is 0.395 e. The molecule has 1 aromatic carbocycles. The number of hydrogen-bond donors (Lipinski definition) is 1. The number of nitro benzene ring substituents is 1. The molecular weight excluding hydrogens is 288 g/mol. The third-order valence-electron chi connectivity index (χ3n) is 2.55. The van der Waals surface area contributed by atoms with Crippen molar-refractivity contribution in [3.05, 3.63) is 32.3 Å². The molecule has 0 unspecified atom stereocenters. The van der Waals surface area contributed by atoms with Gasteiger partial charge in [0.1, 0.15) is 0 Å². The predicted octanol–water partition coefficient (Wildman–Crippen LogP) is 2.48. The molecule has 0 aliphatic rings.